The van der Waals surface area contributed by atoms with Crippen molar-refractivity contribution in [1.82, 2.24) is 9.62 Å². The summed E-state index contributed by atoms with van der Waals surface area (Å²) in [5.74, 6) is -2.18. The number of sulfone groups is 1. The van der Waals surface area contributed by atoms with Crippen LogP contribution in [-0.4, -0.2) is 57.3 Å². The Labute approximate surface area is 276 Å². The molecule has 0 unspecified atom stereocenters. The largest absolute Gasteiger partial charge is 0.426 e. The molecular formula is C32H32N2O10S3. The lowest BCUT2D eigenvalue weighted by atomic mass is 10.0. The third kappa shape index (κ3) is 8.22. The van der Waals surface area contributed by atoms with Gasteiger partial charge in [-0.25, -0.2) is 21.6 Å². The molecule has 2 heterocycles. The van der Waals surface area contributed by atoms with Gasteiger partial charge in [0.15, 0.2) is 9.84 Å². The average molecular weight is 701 g/mol. The number of nitrogens with zero attached hydrogens (tertiary/aromatic N) is 1. The number of sulfonamides is 1. The van der Waals surface area contributed by atoms with Crippen molar-refractivity contribution in [2.75, 3.05) is 6.54 Å². The number of amides is 2. The summed E-state index contributed by atoms with van der Waals surface area (Å²) in [6, 6.07) is 13.3. The maximum atomic E-state index is 13.5. The quantitative estimate of drug-likeness (QED) is 0.183. The predicted octanol–water partition coefficient (Wildman–Crippen LogP) is 4.29. The van der Waals surface area contributed by atoms with Crippen LogP contribution in [0.25, 0.3) is 12.2 Å². The Morgan fingerprint density at radius 1 is 0.936 bits per heavy atom. The Bertz CT molecular complexity index is 2000. The molecule has 0 fully saturated rings. The second kappa shape index (κ2) is 14.4. The smallest absolute Gasteiger partial charge is 0.308 e. The second-order valence-corrected chi connectivity index (χ2v) is 16.0. The number of ether oxygens (including phenoxy) is 2. The monoisotopic (exact) mass is 700 g/mol. The number of hydrogen-bond donors (Lipinski definition) is 1. The Kier molecular flexibility index (Phi) is 10.8. The number of carbonyl (C=O) groups is 4. The molecule has 0 aliphatic carbocycles. The van der Waals surface area contributed by atoms with Gasteiger partial charge in [0.2, 0.25) is 5.91 Å². The van der Waals surface area contributed by atoms with E-state index in [9.17, 15) is 36.0 Å². The fourth-order valence-corrected chi connectivity index (χ4v) is 9.82. The lowest BCUT2D eigenvalue weighted by Gasteiger charge is -2.35. The second-order valence-electron chi connectivity index (χ2n) is 10.4. The summed E-state index contributed by atoms with van der Waals surface area (Å²) >= 11 is 0.503. The Hall–Kier alpha value is -4.60. The van der Waals surface area contributed by atoms with Crippen molar-refractivity contribution in [2.45, 2.75) is 53.8 Å². The number of carbonyl (C=O) groups excluding carboxylic acids is 4. The van der Waals surface area contributed by atoms with E-state index in [-0.39, 0.29) is 34.2 Å². The number of fused-ring (bicyclic) bond motifs is 1. The highest BCUT2D eigenvalue weighted by atomic mass is 32.3. The molecule has 4 rings (SSSR count). The minimum absolute atomic E-state index is 0.0137. The molecule has 1 aromatic heterocycles. The van der Waals surface area contributed by atoms with Crippen molar-refractivity contribution in [3.63, 3.8) is 0 Å². The predicted molar refractivity (Wildman–Crippen MR) is 175 cm³/mol. The van der Waals surface area contributed by atoms with Gasteiger partial charge in [-0.3, -0.25) is 19.2 Å². The Morgan fingerprint density at radius 2 is 1.47 bits per heavy atom. The molecule has 0 saturated carbocycles. The molecule has 1 aliphatic heterocycles. The number of thiophene rings is 1. The van der Waals surface area contributed by atoms with Gasteiger partial charge in [-0.15, -0.1) is 11.3 Å². The van der Waals surface area contributed by atoms with Crippen molar-refractivity contribution in [1.29, 1.82) is 0 Å². The molecule has 2 amide bonds. The average Bonchev–Trinajstić information content (AvgIpc) is 3.47. The van der Waals surface area contributed by atoms with Crippen LogP contribution in [0.3, 0.4) is 0 Å². The molecule has 1 aliphatic rings. The van der Waals surface area contributed by atoms with Gasteiger partial charge in [0.1, 0.15) is 19.9 Å². The van der Waals surface area contributed by atoms with Gasteiger partial charge in [0.25, 0.3) is 15.9 Å². The van der Waals surface area contributed by atoms with E-state index in [1.165, 1.54) is 56.0 Å². The molecule has 2 aromatic carbocycles. The van der Waals surface area contributed by atoms with E-state index in [4.69, 9.17) is 9.47 Å². The lowest BCUT2D eigenvalue weighted by Crippen LogP contribution is -2.39. The van der Waals surface area contributed by atoms with Crippen molar-refractivity contribution >= 4 is 67.1 Å². The number of benzene rings is 2. The van der Waals surface area contributed by atoms with Crippen LogP contribution in [0.2, 0.25) is 0 Å². The van der Waals surface area contributed by atoms with Crippen LogP contribution in [0, 0.1) is 0 Å². The molecule has 0 spiro atoms. The number of para-hydroxylation sites is 2. The maximum Gasteiger partial charge on any atom is 0.308 e. The van der Waals surface area contributed by atoms with E-state index in [1.807, 2.05) is 4.72 Å². The molecule has 3 aromatic rings. The van der Waals surface area contributed by atoms with E-state index in [0.717, 1.165) is 6.08 Å². The minimum Gasteiger partial charge on any atom is -0.426 e. The van der Waals surface area contributed by atoms with Gasteiger partial charge in [-0.1, -0.05) is 36.4 Å². The van der Waals surface area contributed by atoms with E-state index in [1.54, 1.807) is 49.4 Å². The highest BCUT2D eigenvalue weighted by Gasteiger charge is 2.42. The van der Waals surface area contributed by atoms with Gasteiger partial charge in [-0.2, -0.15) is 0 Å². The molecule has 0 bridgehead atoms. The fraction of sp³-hybridized carbons (Fsp3) is 0.250. The highest BCUT2D eigenvalue weighted by Crippen LogP contribution is 2.45. The van der Waals surface area contributed by atoms with Crippen molar-refractivity contribution in [2.24, 2.45) is 0 Å². The van der Waals surface area contributed by atoms with Crippen LogP contribution < -0.4 is 14.2 Å². The summed E-state index contributed by atoms with van der Waals surface area (Å²) in [5.41, 5.74) is 0.949. The zero-order valence-corrected chi connectivity index (χ0v) is 28.3. The summed E-state index contributed by atoms with van der Waals surface area (Å²) in [6.45, 7) is 5.83. The number of nitrogens with one attached hydrogen (secondary N) is 1. The molecule has 2 atom stereocenters. The summed E-state index contributed by atoms with van der Waals surface area (Å²) in [6.07, 6.45) is 4.98. The van der Waals surface area contributed by atoms with Gasteiger partial charge < -0.3 is 14.4 Å². The van der Waals surface area contributed by atoms with E-state index >= 15 is 0 Å². The van der Waals surface area contributed by atoms with Crippen LogP contribution in [0.5, 0.6) is 11.5 Å². The minimum atomic E-state index is -4.53. The molecule has 0 saturated heterocycles. The molecule has 248 valence electrons. The number of likely N-dealkylation sites (N-methyl/N-ethyl adjacent to an activating group) is 1. The van der Waals surface area contributed by atoms with E-state index < -0.39 is 59.1 Å². The van der Waals surface area contributed by atoms with Crippen LogP contribution >= 0.6 is 11.3 Å². The van der Waals surface area contributed by atoms with Crippen molar-refractivity contribution in [3.8, 4) is 11.5 Å². The molecule has 12 nitrogen and oxygen atoms in total. The summed E-state index contributed by atoms with van der Waals surface area (Å²) in [5, 5.41) is -0.931. The third-order valence-electron chi connectivity index (χ3n) is 7.07. The van der Waals surface area contributed by atoms with Gasteiger partial charge in [0.05, 0.1) is 11.3 Å². The summed E-state index contributed by atoms with van der Waals surface area (Å²) < 4.78 is 64.8. The normalized spacial score (nSPS) is 17.2. The number of rotatable bonds is 10. The standard InChI is InChI=1S/C32H32N2O10S3/c1-5-34(30(38)17-15-24-11-7-9-13-28(24)44-22(4)36)26-18-20(2)46(39,40)32-25(26)19-31(45-32)47(41,42)33-29(37)16-14-23-10-6-8-12-27(23)43-21(3)35/h6-17,19-20,26H,5,18H2,1-4H3,(H,33,37)/b16-14-,17-15-/t20-,26-/m0/s1. The Balaban J connectivity index is 1.61. The van der Waals surface area contributed by atoms with E-state index in [2.05, 4.69) is 0 Å². The first kappa shape index (κ1) is 35.3. The lowest BCUT2D eigenvalue weighted by molar-refractivity contribution is -0.132. The first-order valence-electron chi connectivity index (χ1n) is 14.3. The zero-order valence-electron chi connectivity index (χ0n) is 25.8. The van der Waals surface area contributed by atoms with Crippen LogP contribution in [0.1, 0.15) is 56.8 Å². The zero-order chi connectivity index (χ0) is 34.5. The molecule has 15 heteroatoms. The number of hydrogen-bond acceptors (Lipinski definition) is 11. The number of esters is 2. The van der Waals surface area contributed by atoms with Crippen molar-refractivity contribution in [3.05, 3.63) is 83.4 Å². The van der Waals surface area contributed by atoms with Crippen LogP contribution in [0.15, 0.2) is 75.2 Å². The van der Waals surface area contributed by atoms with Crippen molar-refractivity contribution < 1.29 is 45.5 Å². The van der Waals surface area contributed by atoms with E-state index in [0.29, 0.717) is 22.5 Å². The van der Waals surface area contributed by atoms with Crippen LogP contribution in [-0.2, 0) is 39.0 Å². The topological polar surface area (TPSA) is 170 Å². The molecule has 47 heavy (non-hydrogen) atoms. The first-order valence-corrected chi connectivity index (χ1v) is 18.1. The van der Waals surface area contributed by atoms with Gasteiger partial charge in [0, 0.05) is 49.2 Å². The van der Waals surface area contributed by atoms with Gasteiger partial charge >= 0.3 is 11.9 Å². The third-order valence-corrected chi connectivity index (χ3v) is 12.8. The first-order chi connectivity index (χ1) is 22.1. The SMILES string of the molecule is CCN(C(=O)/C=C\c1ccccc1OC(C)=O)[C@H]1C[C@H](C)S(=O)(=O)c2sc(S(=O)(=O)NC(=O)/C=C\c3ccccc3OC(C)=O)cc21. The molecule has 0 radical (unpaired) electrons. The Morgan fingerprint density at radius 3 is 2.00 bits per heavy atom. The highest BCUT2D eigenvalue weighted by molar-refractivity contribution is 7.95. The molecular weight excluding hydrogens is 669 g/mol. The van der Waals surface area contributed by atoms with Crippen LogP contribution in [0.4, 0.5) is 0 Å². The van der Waals surface area contributed by atoms with Gasteiger partial charge in [-0.05, 0) is 50.6 Å². The maximum absolute atomic E-state index is 13.5. The fourth-order valence-electron chi connectivity index (χ4n) is 4.90. The summed E-state index contributed by atoms with van der Waals surface area (Å²) in [7, 11) is -8.47. The summed E-state index contributed by atoms with van der Waals surface area (Å²) in [4.78, 5) is 50.4. The molecule has 1 N–H and O–H groups in total.